The molecule has 1 aliphatic heterocycles. The zero-order chi connectivity index (χ0) is 23.2. The first-order valence-corrected chi connectivity index (χ1v) is 12.4. The fourth-order valence-corrected chi connectivity index (χ4v) is 4.92. The van der Waals surface area contributed by atoms with Crippen molar-refractivity contribution >= 4 is 16.7 Å². The largest absolute Gasteiger partial charge is 0.338 e. The van der Waals surface area contributed by atoms with Gasteiger partial charge in [-0.3, -0.25) is 0 Å². The Balaban J connectivity index is 1.36. The quantitative estimate of drug-likeness (QED) is 0.288. The smallest absolute Gasteiger partial charge is 0.228 e. The molecule has 0 atom stereocenters. The summed E-state index contributed by atoms with van der Waals surface area (Å²) in [7, 11) is 0. The molecule has 0 spiro atoms. The molecule has 2 heterocycles. The van der Waals surface area contributed by atoms with Gasteiger partial charge in [-0.15, -0.1) is 0 Å². The Labute approximate surface area is 201 Å². The van der Waals surface area contributed by atoms with Crippen molar-refractivity contribution in [2.45, 2.75) is 38.6 Å². The van der Waals surface area contributed by atoms with Crippen LogP contribution in [0.3, 0.4) is 0 Å². The first-order valence-electron chi connectivity index (χ1n) is 12.4. The molecule has 3 aromatic carbocycles. The molecule has 176 valence electrons. The van der Waals surface area contributed by atoms with Crippen LogP contribution in [0, 0.1) is 5.82 Å². The Morgan fingerprint density at radius 3 is 2.47 bits per heavy atom. The normalized spacial score (nSPS) is 14.9. The number of halogens is 1. The Morgan fingerprint density at radius 2 is 1.65 bits per heavy atom. The zero-order valence-corrected chi connectivity index (χ0v) is 19.6. The molecule has 1 saturated heterocycles. The van der Waals surface area contributed by atoms with Gasteiger partial charge in [-0.1, -0.05) is 60.5 Å². The van der Waals surface area contributed by atoms with Crippen molar-refractivity contribution in [1.29, 1.82) is 0 Å². The van der Waals surface area contributed by atoms with Crippen LogP contribution in [-0.2, 0) is 6.54 Å². The zero-order valence-electron chi connectivity index (χ0n) is 19.6. The second-order valence-corrected chi connectivity index (χ2v) is 9.23. The van der Waals surface area contributed by atoms with Gasteiger partial charge in [0.05, 0.1) is 0 Å². The summed E-state index contributed by atoms with van der Waals surface area (Å²) in [6.07, 6.45) is 6.39. The van der Waals surface area contributed by atoms with Crippen molar-refractivity contribution < 1.29 is 8.91 Å². The lowest BCUT2D eigenvalue weighted by Crippen LogP contribution is -2.30. The molecule has 0 N–H and O–H groups in total. The molecule has 0 aliphatic carbocycles. The second kappa shape index (κ2) is 10.8. The van der Waals surface area contributed by atoms with Gasteiger partial charge in [0, 0.05) is 24.7 Å². The summed E-state index contributed by atoms with van der Waals surface area (Å²) in [4.78, 5) is 4.90. The van der Waals surface area contributed by atoms with Crippen molar-refractivity contribution in [3.05, 3.63) is 84.2 Å². The lowest BCUT2D eigenvalue weighted by atomic mass is 10.0. The number of likely N-dealkylation sites (tertiary alicyclic amines) is 1. The average molecular weight is 458 g/mol. The van der Waals surface area contributed by atoms with Crippen LogP contribution in [0.2, 0.25) is 0 Å². The lowest BCUT2D eigenvalue weighted by Gasteiger charge is -2.25. The van der Waals surface area contributed by atoms with Gasteiger partial charge in [-0.2, -0.15) is 0 Å². The van der Waals surface area contributed by atoms with Crippen LogP contribution in [0.5, 0.6) is 0 Å². The molecule has 34 heavy (non-hydrogen) atoms. The Hall–Kier alpha value is -3.18. The summed E-state index contributed by atoms with van der Waals surface area (Å²) in [6, 6.07) is 23.4. The third kappa shape index (κ3) is 5.48. The van der Waals surface area contributed by atoms with Gasteiger partial charge in [0.1, 0.15) is 11.5 Å². The van der Waals surface area contributed by atoms with E-state index < -0.39 is 0 Å². The Morgan fingerprint density at radius 1 is 0.882 bits per heavy atom. The minimum Gasteiger partial charge on any atom is -0.338 e. The maximum Gasteiger partial charge on any atom is 0.228 e. The highest BCUT2D eigenvalue weighted by Crippen LogP contribution is 2.28. The molecule has 1 fully saturated rings. The van der Waals surface area contributed by atoms with E-state index in [0.717, 1.165) is 43.2 Å². The SMILES string of the molecule is Fc1ccc(-c2cc(N(CCCN3CCCCCC3)Cc3cccc4ccccc34)on2)cc1. The molecule has 5 rings (SSSR count). The number of hydrogen-bond acceptors (Lipinski definition) is 4. The van der Waals surface area contributed by atoms with E-state index in [-0.39, 0.29) is 5.82 Å². The topological polar surface area (TPSA) is 32.5 Å². The predicted molar refractivity (Wildman–Crippen MR) is 136 cm³/mol. The summed E-state index contributed by atoms with van der Waals surface area (Å²) in [5.74, 6) is 0.502. The summed E-state index contributed by atoms with van der Waals surface area (Å²) in [5.41, 5.74) is 2.85. The molecular formula is C29H32FN3O. The lowest BCUT2D eigenvalue weighted by molar-refractivity contribution is 0.281. The second-order valence-electron chi connectivity index (χ2n) is 9.23. The van der Waals surface area contributed by atoms with E-state index in [9.17, 15) is 4.39 Å². The van der Waals surface area contributed by atoms with E-state index in [1.165, 1.54) is 67.2 Å². The van der Waals surface area contributed by atoms with Gasteiger partial charge in [0.2, 0.25) is 5.88 Å². The van der Waals surface area contributed by atoms with Crippen LogP contribution < -0.4 is 4.90 Å². The number of hydrogen-bond donors (Lipinski definition) is 0. The van der Waals surface area contributed by atoms with Crippen LogP contribution >= 0.6 is 0 Å². The molecule has 0 bridgehead atoms. The summed E-state index contributed by atoms with van der Waals surface area (Å²) < 4.78 is 19.2. The molecule has 1 aromatic heterocycles. The van der Waals surface area contributed by atoms with Crippen molar-refractivity contribution in [2.24, 2.45) is 0 Å². The van der Waals surface area contributed by atoms with Crippen molar-refractivity contribution in [3.63, 3.8) is 0 Å². The fraction of sp³-hybridized carbons (Fsp3) is 0.345. The maximum atomic E-state index is 13.4. The van der Waals surface area contributed by atoms with Crippen LogP contribution in [0.25, 0.3) is 22.0 Å². The minimum atomic E-state index is -0.251. The van der Waals surface area contributed by atoms with Gasteiger partial charge < -0.3 is 14.3 Å². The fourth-order valence-electron chi connectivity index (χ4n) is 4.92. The van der Waals surface area contributed by atoms with E-state index in [0.29, 0.717) is 0 Å². The Kier molecular flexibility index (Phi) is 7.20. The van der Waals surface area contributed by atoms with Gasteiger partial charge in [-0.05, 0) is 79.5 Å². The van der Waals surface area contributed by atoms with Gasteiger partial charge in [-0.25, -0.2) is 4.39 Å². The monoisotopic (exact) mass is 457 g/mol. The number of fused-ring (bicyclic) bond motifs is 1. The first kappa shape index (κ1) is 22.6. The van der Waals surface area contributed by atoms with E-state index in [1.54, 1.807) is 12.1 Å². The number of rotatable bonds is 8. The summed E-state index contributed by atoms with van der Waals surface area (Å²) in [6.45, 7) is 5.16. The van der Waals surface area contributed by atoms with Crippen molar-refractivity contribution in [2.75, 3.05) is 31.1 Å². The molecule has 0 amide bonds. The molecule has 1 aliphatic rings. The molecule has 5 heteroatoms. The number of anilines is 1. The van der Waals surface area contributed by atoms with Crippen LogP contribution in [0.4, 0.5) is 10.3 Å². The van der Waals surface area contributed by atoms with E-state index >= 15 is 0 Å². The van der Waals surface area contributed by atoms with Crippen molar-refractivity contribution in [3.8, 4) is 11.3 Å². The highest BCUT2D eigenvalue weighted by Gasteiger charge is 2.17. The van der Waals surface area contributed by atoms with Gasteiger partial charge in [0.25, 0.3) is 0 Å². The van der Waals surface area contributed by atoms with Crippen LogP contribution in [-0.4, -0.2) is 36.2 Å². The minimum absolute atomic E-state index is 0.251. The molecule has 4 nitrogen and oxygen atoms in total. The molecule has 0 radical (unpaired) electrons. The summed E-state index contributed by atoms with van der Waals surface area (Å²) in [5, 5.41) is 6.81. The Bertz CT molecular complexity index is 1190. The molecule has 4 aromatic rings. The number of aromatic nitrogens is 1. The number of nitrogens with zero attached hydrogens (tertiary/aromatic N) is 3. The van der Waals surface area contributed by atoms with Crippen LogP contribution in [0.1, 0.15) is 37.7 Å². The highest BCUT2D eigenvalue weighted by atomic mass is 19.1. The molecular weight excluding hydrogens is 425 g/mol. The van der Waals surface area contributed by atoms with E-state index in [1.807, 2.05) is 6.07 Å². The summed E-state index contributed by atoms with van der Waals surface area (Å²) >= 11 is 0. The highest BCUT2D eigenvalue weighted by molar-refractivity contribution is 5.85. The van der Waals surface area contributed by atoms with E-state index in [2.05, 4.69) is 57.4 Å². The third-order valence-electron chi connectivity index (χ3n) is 6.79. The standard InChI is InChI=1S/C29H32FN3O/c30-26-15-13-24(14-16-26)28-21-29(34-31-28)33(20-8-19-32-17-5-1-2-6-18-32)22-25-11-7-10-23-9-3-4-12-27(23)25/h3-4,7,9-16,21H,1-2,5-6,8,17-20,22H2. The van der Waals surface area contributed by atoms with Gasteiger partial charge >= 0.3 is 0 Å². The molecule has 0 saturated carbocycles. The van der Waals surface area contributed by atoms with Gasteiger partial charge in [0.15, 0.2) is 0 Å². The average Bonchev–Trinajstić information content (AvgIpc) is 3.21. The number of benzene rings is 3. The maximum absolute atomic E-state index is 13.4. The first-order chi connectivity index (χ1) is 16.8. The van der Waals surface area contributed by atoms with Crippen molar-refractivity contribution in [1.82, 2.24) is 10.1 Å². The predicted octanol–water partition coefficient (Wildman–Crippen LogP) is 6.91. The van der Waals surface area contributed by atoms with E-state index in [4.69, 9.17) is 4.52 Å². The third-order valence-corrected chi connectivity index (χ3v) is 6.79. The van der Waals surface area contributed by atoms with Crippen LogP contribution in [0.15, 0.2) is 77.3 Å². The molecule has 0 unspecified atom stereocenters.